The van der Waals surface area contributed by atoms with Crippen molar-refractivity contribution in [2.75, 3.05) is 47.1 Å². The highest BCUT2D eigenvalue weighted by atomic mass is 16.5. The zero-order valence-electron chi connectivity index (χ0n) is 19.3. The normalized spacial score (nSPS) is 15.3. The highest BCUT2D eigenvalue weighted by Gasteiger charge is 2.14. The van der Waals surface area contributed by atoms with Gasteiger partial charge in [-0.2, -0.15) is 5.10 Å². The van der Waals surface area contributed by atoms with Crippen LogP contribution in [-0.4, -0.2) is 67.7 Å². The molecule has 0 bridgehead atoms. The van der Waals surface area contributed by atoms with E-state index in [9.17, 15) is 0 Å². The molecule has 0 atom stereocenters. The van der Waals surface area contributed by atoms with Gasteiger partial charge in [-0.25, -0.2) is 0 Å². The third-order valence-corrected chi connectivity index (χ3v) is 5.76. The maximum absolute atomic E-state index is 5.47. The second-order valence-electron chi connectivity index (χ2n) is 7.80. The molecule has 1 saturated heterocycles. The summed E-state index contributed by atoms with van der Waals surface area (Å²) in [6.45, 7) is 11.5. The summed E-state index contributed by atoms with van der Waals surface area (Å²) in [5, 5.41) is 11.5. The van der Waals surface area contributed by atoms with E-state index < -0.39 is 0 Å². The van der Waals surface area contributed by atoms with E-state index in [2.05, 4.69) is 56.8 Å². The van der Waals surface area contributed by atoms with Gasteiger partial charge in [0, 0.05) is 58.1 Å². The first-order valence-corrected chi connectivity index (χ1v) is 11.0. The number of aliphatic imine (C=N–C) groups is 1. The van der Waals surface area contributed by atoms with Crippen LogP contribution in [0.3, 0.4) is 0 Å². The van der Waals surface area contributed by atoms with Gasteiger partial charge in [-0.3, -0.25) is 14.6 Å². The minimum atomic E-state index is 0.655. The number of hydrogen-bond acceptors (Lipinski definition) is 5. The minimum Gasteiger partial charge on any atom is -0.383 e. The molecule has 2 heterocycles. The minimum absolute atomic E-state index is 0.655. The van der Waals surface area contributed by atoms with Gasteiger partial charge in [-0.1, -0.05) is 24.3 Å². The van der Waals surface area contributed by atoms with Crippen molar-refractivity contribution in [2.24, 2.45) is 4.99 Å². The predicted octanol–water partition coefficient (Wildman–Crippen LogP) is 1.84. The SMILES string of the molecule is CN=C(NCc1ccccc1CN1CCOCC1)NCc1c(C)nn(CCOC)c1C. The maximum atomic E-state index is 5.47. The van der Waals surface area contributed by atoms with Crippen molar-refractivity contribution in [1.82, 2.24) is 25.3 Å². The van der Waals surface area contributed by atoms with Gasteiger partial charge in [0.25, 0.3) is 0 Å². The molecule has 1 aliphatic heterocycles. The van der Waals surface area contributed by atoms with Crippen LogP contribution >= 0.6 is 0 Å². The number of aromatic nitrogens is 2. The zero-order chi connectivity index (χ0) is 22.1. The number of benzene rings is 1. The number of guanidine groups is 1. The van der Waals surface area contributed by atoms with Crippen molar-refractivity contribution < 1.29 is 9.47 Å². The van der Waals surface area contributed by atoms with Gasteiger partial charge in [-0.05, 0) is 25.0 Å². The topological polar surface area (TPSA) is 75.9 Å². The first-order chi connectivity index (χ1) is 15.1. The number of ether oxygens (including phenoxy) is 2. The van der Waals surface area contributed by atoms with Gasteiger partial charge in [0.05, 0.1) is 32.1 Å². The van der Waals surface area contributed by atoms with E-state index in [4.69, 9.17) is 9.47 Å². The smallest absolute Gasteiger partial charge is 0.191 e. The second kappa shape index (κ2) is 11.8. The molecule has 8 nitrogen and oxygen atoms in total. The average Bonchev–Trinajstić information content (AvgIpc) is 3.06. The first-order valence-electron chi connectivity index (χ1n) is 11.0. The standard InChI is InChI=1S/C23H36N6O2/c1-18-22(19(2)29(27-18)11-12-30-4)16-26-23(24-3)25-15-20-7-5-6-8-21(20)17-28-9-13-31-14-10-28/h5-8H,9-17H2,1-4H3,(H2,24,25,26). The van der Waals surface area contributed by atoms with Gasteiger partial charge in [0.2, 0.25) is 0 Å². The highest BCUT2D eigenvalue weighted by Crippen LogP contribution is 2.14. The summed E-state index contributed by atoms with van der Waals surface area (Å²) >= 11 is 0. The van der Waals surface area contributed by atoms with E-state index in [0.717, 1.165) is 63.3 Å². The fourth-order valence-corrected chi connectivity index (χ4v) is 3.84. The highest BCUT2D eigenvalue weighted by molar-refractivity contribution is 5.79. The lowest BCUT2D eigenvalue weighted by Crippen LogP contribution is -2.37. The Hall–Kier alpha value is -2.42. The molecule has 0 spiro atoms. The molecule has 2 N–H and O–H groups in total. The zero-order valence-corrected chi connectivity index (χ0v) is 19.3. The van der Waals surface area contributed by atoms with Crippen LogP contribution in [0.25, 0.3) is 0 Å². The van der Waals surface area contributed by atoms with Crippen molar-refractivity contribution in [3.05, 3.63) is 52.3 Å². The van der Waals surface area contributed by atoms with Crippen LogP contribution in [-0.2, 0) is 35.7 Å². The molecule has 1 fully saturated rings. The molecule has 0 amide bonds. The molecular formula is C23H36N6O2. The molecule has 8 heteroatoms. The van der Waals surface area contributed by atoms with Crippen molar-refractivity contribution in [3.63, 3.8) is 0 Å². The molecule has 1 aromatic heterocycles. The lowest BCUT2D eigenvalue weighted by atomic mass is 10.1. The van der Waals surface area contributed by atoms with E-state index in [1.165, 1.54) is 16.7 Å². The fraction of sp³-hybridized carbons (Fsp3) is 0.565. The van der Waals surface area contributed by atoms with Crippen LogP contribution in [0.5, 0.6) is 0 Å². The predicted molar refractivity (Wildman–Crippen MR) is 123 cm³/mol. The Balaban J connectivity index is 1.56. The molecule has 0 unspecified atom stereocenters. The Bertz CT molecular complexity index is 858. The number of nitrogens with one attached hydrogen (secondary N) is 2. The van der Waals surface area contributed by atoms with Gasteiger partial charge >= 0.3 is 0 Å². The van der Waals surface area contributed by atoms with Gasteiger partial charge in [-0.15, -0.1) is 0 Å². The molecule has 0 radical (unpaired) electrons. The number of morpholine rings is 1. The second-order valence-corrected chi connectivity index (χ2v) is 7.80. The number of aryl methyl sites for hydroxylation is 1. The number of methoxy groups -OCH3 is 1. The van der Waals surface area contributed by atoms with Crippen molar-refractivity contribution in [3.8, 4) is 0 Å². The molecule has 2 aromatic rings. The molecule has 3 rings (SSSR count). The van der Waals surface area contributed by atoms with Gasteiger partial charge < -0.3 is 20.1 Å². The van der Waals surface area contributed by atoms with Crippen molar-refractivity contribution in [1.29, 1.82) is 0 Å². The molecule has 0 saturated carbocycles. The largest absolute Gasteiger partial charge is 0.383 e. The summed E-state index contributed by atoms with van der Waals surface area (Å²) in [5.74, 6) is 0.782. The Kier molecular flexibility index (Phi) is 8.87. The van der Waals surface area contributed by atoms with Crippen LogP contribution in [0.1, 0.15) is 28.1 Å². The van der Waals surface area contributed by atoms with Gasteiger partial charge in [0.15, 0.2) is 5.96 Å². The van der Waals surface area contributed by atoms with E-state index >= 15 is 0 Å². The summed E-state index contributed by atoms with van der Waals surface area (Å²) in [6.07, 6.45) is 0. The number of hydrogen-bond donors (Lipinski definition) is 2. The molecule has 1 aromatic carbocycles. The maximum Gasteiger partial charge on any atom is 0.191 e. The number of rotatable bonds is 9. The van der Waals surface area contributed by atoms with E-state index in [1.807, 2.05) is 11.6 Å². The first kappa shape index (κ1) is 23.2. The van der Waals surface area contributed by atoms with Crippen molar-refractivity contribution in [2.45, 2.75) is 40.0 Å². The molecule has 0 aliphatic carbocycles. The molecule has 31 heavy (non-hydrogen) atoms. The summed E-state index contributed by atoms with van der Waals surface area (Å²) in [7, 11) is 3.51. The van der Waals surface area contributed by atoms with Crippen LogP contribution in [0.15, 0.2) is 29.3 Å². The summed E-state index contributed by atoms with van der Waals surface area (Å²) in [4.78, 5) is 6.85. The fourth-order valence-electron chi connectivity index (χ4n) is 3.84. The van der Waals surface area contributed by atoms with Crippen LogP contribution < -0.4 is 10.6 Å². The number of nitrogens with zero attached hydrogens (tertiary/aromatic N) is 4. The van der Waals surface area contributed by atoms with Crippen LogP contribution in [0.4, 0.5) is 0 Å². The van der Waals surface area contributed by atoms with E-state index in [0.29, 0.717) is 13.2 Å². The average molecular weight is 429 g/mol. The van der Waals surface area contributed by atoms with Crippen LogP contribution in [0, 0.1) is 13.8 Å². The Labute approximate surface area is 185 Å². The Morgan fingerprint density at radius 3 is 2.55 bits per heavy atom. The third kappa shape index (κ3) is 6.53. The summed E-state index contributed by atoms with van der Waals surface area (Å²) < 4.78 is 12.7. The quantitative estimate of drug-likeness (QED) is 0.469. The van der Waals surface area contributed by atoms with E-state index in [-0.39, 0.29) is 0 Å². The lowest BCUT2D eigenvalue weighted by molar-refractivity contribution is 0.0341. The van der Waals surface area contributed by atoms with Crippen molar-refractivity contribution >= 4 is 5.96 Å². The molecular weight excluding hydrogens is 392 g/mol. The summed E-state index contributed by atoms with van der Waals surface area (Å²) in [5.41, 5.74) is 6.03. The Morgan fingerprint density at radius 1 is 1.13 bits per heavy atom. The Morgan fingerprint density at radius 2 is 1.84 bits per heavy atom. The van der Waals surface area contributed by atoms with Crippen LogP contribution in [0.2, 0.25) is 0 Å². The molecule has 170 valence electrons. The summed E-state index contributed by atoms with van der Waals surface area (Å²) in [6, 6.07) is 8.60. The molecule has 1 aliphatic rings. The monoisotopic (exact) mass is 428 g/mol. The van der Waals surface area contributed by atoms with E-state index in [1.54, 1.807) is 14.2 Å². The third-order valence-electron chi connectivity index (χ3n) is 5.76. The lowest BCUT2D eigenvalue weighted by Gasteiger charge is -2.27. The van der Waals surface area contributed by atoms with Gasteiger partial charge in [0.1, 0.15) is 0 Å².